The van der Waals surface area contributed by atoms with Gasteiger partial charge in [-0.25, -0.2) is 9.37 Å². The van der Waals surface area contributed by atoms with Gasteiger partial charge in [0.25, 0.3) is 11.5 Å². The fraction of sp³-hybridized carbons (Fsp3) is 0.103. The SMILES string of the molecule is COc1cnc2c(Oc3ccc(NC(=O)c4c(C)c(Br)c(C)n(-c5ccc(F)cc5)c4=O)cc3)ccnc2c1. The molecule has 0 unspecified atom stereocenters. The number of amides is 1. The lowest BCUT2D eigenvalue weighted by atomic mass is 10.1. The molecule has 1 N–H and O–H groups in total. The summed E-state index contributed by atoms with van der Waals surface area (Å²) in [6.07, 6.45) is 3.21. The van der Waals surface area contributed by atoms with Crippen LogP contribution in [0.15, 0.2) is 82.3 Å². The molecule has 3 heterocycles. The van der Waals surface area contributed by atoms with Gasteiger partial charge in [0.2, 0.25) is 0 Å². The molecule has 1 amide bonds. The van der Waals surface area contributed by atoms with Crippen molar-refractivity contribution in [2.24, 2.45) is 0 Å². The Morgan fingerprint density at radius 1 is 1.00 bits per heavy atom. The quantitative estimate of drug-likeness (QED) is 0.248. The number of hydrogen-bond donors (Lipinski definition) is 1. The van der Waals surface area contributed by atoms with Gasteiger partial charge in [0, 0.05) is 39.9 Å². The number of carbonyl (C=O) groups is 1. The molecule has 0 aliphatic rings. The van der Waals surface area contributed by atoms with Crippen molar-refractivity contribution in [2.75, 3.05) is 12.4 Å². The van der Waals surface area contributed by atoms with E-state index in [1.807, 2.05) is 0 Å². The number of aromatic nitrogens is 3. The van der Waals surface area contributed by atoms with Crippen molar-refractivity contribution in [3.63, 3.8) is 0 Å². The highest BCUT2D eigenvalue weighted by atomic mass is 79.9. The molecule has 0 fully saturated rings. The third-order valence-electron chi connectivity index (χ3n) is 6.18. The van der Waals surface area contributed by atoms with Crippen molar-refractivity contribution < 1.29 is 18.7 Å². The van der Waals surface area contributed by atoms with Gasteiger partial charge in [0.05, 0.1) is 18.8 Å². The van der Waals surface area contributed by atoms with Gasteiger partial charge < -0.3 is 14.8 Å². The lowest BCUT2D eigenvalue weighted by molar-refractivity contribution is 0.102. The predicted molar refractivity (Wildman–Crippen MR) is 150 cm³/mol. The fourth-order valence-corrected chi connectivity index (χ4v) is 4.56. The maximum atomic E-state index is 13.5. The minimum atomic E-state index is -0.569. The van der Waals surface area contributed by atoms with Crippen LogP contribution in [0, 0.1) is 19.7 Å². The fourth-order valence-electron chi connectivity index (χ4n) is 4.18. The van der Waals surface area contributed by atoms with Gasteiger partial charge in [-0.3, -0.25) is 19.1 Å². The molecule has 0 saturated carbocycles. The average molecular weight is 589 g/mol. The number of fused-ring (bicyclic) bond motifs is 1. The van der Waals surface area contributed by atoms with E-state index in [1.165, 1.54) is 28.8 Å². The van der Waals surface area contributed by atoms with Crippen molar-refractivity contribution in [3.05, 3.63) is 111 Å². The lowest BCUT2D eigenvalue weighted by Crippen LogP contribution is -2.31. The molecule has 5 aromatic rings. The zero-order chi connectivity index (χ0) is 27.7. The second-order valence-electron chi connectivity index (χ2n) is 8.65. The van der Waals surface area contributed by atoms with Crippen molar-refractivity contribution >= 4 is 38.6 Å². The van der Waals surface area contributed by atoms with E-state index in [-0.39, 0.29) is 5.56 Å². The van der Waals surface area contributed by atoms with Gasteiger partial charge in [0.15, 0.2) is 5.75 Å². The largest absolute Gasteiger partial charge is 0.495 e. The number of ether oxygens (including phenoxy) is 2. The molecule has 0 radical (unpaired) electrons. The van der Waals surface area contributed by atoms with Crippen molar-refractivity contribution in [1.82, 2.24) is 14.5 Å². The molecular weight excluding hydrogens is 567 g/mol. The molecule has 0 bridgehead atoms. The van der Waals surface area contributed by atoms with Crippen LogP contribution in [0.1, 0.15) is 21.6 Å². The Morgan fingerprint density at radius 2 is 1.72 bits per heavy atom. The van der Waals surface area contributed by atoms with Crippen molar-refractivity contribution in [2.45, 2.75) is 13.8 Å². The van der Waals surface area contributed by atoms with E-state index in [1.54, 1.807) is 69.7 Å². The molecule has 10 heteroatoms. The first-order valence-corrected chi connectivity index (χ1v) is 12.6. The van der Waals surface area contributed by atoms with Crippen LogP contribution in [0.5, 0.6) is 17.2 Å². The first-order chi connectivity index (χ1) is 18.8. The first kappa shape index (κ1) is 26.1. The third kappa shape index (κ3) is 5.10. The number of pyridine rings is 3. The number of benzene rings is 2. The maximum Gasteiger partial charge on any atom is 0.268 e. The zero-order valence-electron chi connectivity index (χ0n) is 21.2. The van der Waals surface area contributed by atoms with Crippen molar-refractivity contribution in [3.8, 4) is 22.9 Å². The van der Waals surface area contributed by atoms with E-state index >= 15 is 0 Å². The van der Waals surface area contributed by atoms with Gasteiger partial charge in [0.1, 0.15) is 28.4 Å². The Morgan fingerprint density at radius 3 is 2.41 bits per heavy atom. The Balaban J connectivity index is 1.40. The second kappa shape index (κ2) is 10.7. The highest BCUT2D eigenvalue weighted by Gasteiger charge is 2.22. The van der Waals surface area contributed by atoms with E-state index < -0.39 is 17.3 Å². The molecule has 8 nitrogen and oxygen atoms in total. The number of methoxy groups -OCH3 is 1. The molecule has 3 aromatic heterocycles. The number of nitrogens with one attached hydrogen (secondary N) is 1. The van der Waals surface area contributed by atoms with E-state index in [2.05, 4.69) is 31.2 Å². The van der Waals surface area contributed by atoms with Gasteiger partial charge >= 0.3 is 0 Å². The van der Waals surface area contributed by atoms with Gasteiger partial charge in [-0.15, -0.1) is 0 Å². The van der Waals surface area contributed by atoms with E-state index in [0.717, 1.165) is 0 Å². The number of carbonyl (C=O) groups excluding carboxylic acids is 1. The van der Waals surface area contributed by atoms with Crippen LogP contribution in [-0.2, 0) is 0 Å². The molecule has 0 aliphatic carbocycles. The summed E-state index contributed by atoms with van der Waals surface area (Å²) in [7, 11) is 1.56. The molecule has 0 aliphatic heterocycles. The number of nitrogens with zero attached hydrogens (tertiary/aromatic N) is 3. The Labute approximate surface area is 231 Å². The van der Waals surface area contributed by atoms with Gasteiger partial charge in [-0.2, -0.15) is 0 Å². The van der Waals surface area contributed by atoms with Crippen LogP contribution >= 0.6 is 15.9 Å². The summed E-state index contributed by atoms with van der Waals surface area (Å²) in [6, 6.07) is 15.7. The third-order valence-corrected chi connectivity index (χ3v) is 7.35. The zero-order valence-corrected chi connectivity index (χ0v) is 22.7. The summed E-state index contributed by atoms with van der Waals surface area (Å²) in [5.74, 6) is 0.634. The van der Waals surface area contributed by atoms with E-state index in [9.17, 15) is 14.0 Å². The van der Waals surface area contributed by atoms with Crippen molar-refractivity contribution in [1.29, 1.82) is 0 Å². The van der Waals surface area contributed by atoms with E-state index in [0.29, 0.717) is 55.4 Å². The number of anilines is 1. The molecule has 2 aromatic carbocycles. The molecule has 0 saturated heterocycles. The van der Waals surface area contributed by atoms with Crippen LogP contribution in [0.2, 0.25) is 0 Å². The monoisotopic (exact) mass is 588 g/mol. The summed E-state index contributed by atoms with van der Waals surface area (Å²) in [4.78, 5) is 35.4. The molecule has 196 valence electrons. The molecular formula is C29H22BrFN4O4. The second-order valence-corrected chi connectivity index (χ2v) is 9.44. The van der Waals surface area contributed by atoms with Gasteiger partial charge in [-0.05, 0) is 83.9 Å². The van der Waals surface area contributed by atoms with Gasteiger partial charge in [-0.1, -0.05) is 0 Å². The Kier molecular flexibility index (Phi) is 7.12. The van der Waals surface area contributed by atoms with E-state index in [4.69, 9.17) is 9.47 Å². The topological polar surface area (TPSA) is 95.3 Å². The summed E-state index contributed by atoms with van der Waals surface area (Å²) in [5, 5.41) is 2.78. The highest BCUT2D eigenvalue weighted by Crippen LogP contribution is 2.30. The number of hydrogen-bond acceptors (Lipinski definition) is 6. The van der Waals surface area contributed by atoms with Crippen LogP contribution < -0.4 is 20.3 Å². The smallest absolute Gasteiger partial charge is 0.268 e. The van der Waals surface area contributed by atoms with Crippen LogP contribution in [0.3, 0.4) is 0 Å². The Hall–Kier alpha value is -4.57. The predicted octanol–water partition coefficient (Wildman–Crippen LogP) is 6.35. The summed E-state index contributed by atoms with van der Waals surface area (Å²) < 4.78 is 26.7. The summed E-state index contributed by atoms with van der Waals surface area (Å²) in [5.41, 5.74) is 2.69. The molecule has 39 heavy (non-hydrogen) atoms. The average Bonchev–Trinajstić information content (AvgIpc) is 2.94. The van der Waals surface area contributed by atoms with Crippen LogP contribution in [-0.4, -0.2) is 27.6 Å². The molecule has 0 atom stereocenters. The number of halogens is 2. The lowest BCUT2D eigenvalue weighted by Gasteiger charge is -2.17. The normalized spacial score (nSPS) is 10.9. The standard InChI is InChI=1S/C29H22BrFN4O4/c1-16-25(29(37)35(17(2)26(16)30)20-8-4-18(31)5-9-20)28(36)34-19-6-10-21(11-7-19)39-24-12-13-32-23-14-22(38-3)15-33-27(23)24/h4-15H,1-3H3,(H,34,36). The minimum Gasteiger partial charge on any atom is -0.495 e. The first-order valence-electron chi connectivity index (χ1n) is 11.8. The maximum absolute atomic E-state index is 13.5. The Bertz CT molecular complexity index is 1770. The molecule has 0 spiro atoms. The van der Waals surface area contributed by atoms with Crippen LogP contribution in [0.25, 0.3) is 16.7 Å². The highest BCUT2D eigenvalue weighted by molar-refractivity contribution is 9.10. The summed E-state index contributed by atoms with van der Waals surface area (Å²) in [6.45, 7) is 3.45. The van der Waals surface area contributed by atoms with Crippen LogP contribution in [0.4, 0.5) is 10.1 Å². The number of rotatable bonds is 6. The summed E-state index contributed by atoms with van der Waals surface area (Å²) >= 11 is 3.50. The minimum absolute atomic E-state index is 0.0260. The molecule has 5 rings (SSSR count).